The van der Waals surface area contributed by atoms with E-state index in [0.717, 1.165) is 0 Å². The third-order valence-electron chi connectivity index (χ3n) is 5.62. The van der Waals surface area contributed by atoms with Crippen LogP contribution in [0, 0.1) is 11.8 Å². The lowest BCUT2D eigenvalue weighted by molar-refractivity contribution is 0.0725. The molecule has 8 N–H and O–H groups in total. The smallest absolute Gasteiger partial charge is 0.0695 e. The van der Waals surface area contributed by atoms with Crippen molar-refractivity contribution in [3.63, 3.8) is 0 Å². The number of hydrogen-bond acceptors (Lipinski definition) is 4. The Bertz CT molecular complexity index is 249. The summed E-state index contributed by atoms with van der Waals surface area (Å²) in [4.78, 5) is 0. The molecule has 2 aliphatic carbocycles. The molecule has 4 nitrogen and oxygen atoms in total. The highest BCUT2D eigenvalue weighted by molar-refractivity contribution is 5.07. The van der Waals surface area contributed by atoms with Crippen molar-refractivity contribution in [3.05, 3.63) is 0 Å². The zero-order chi connectivity index (χ0) is 13.9. The van der Waals surface area contributed by atoms with Crippen LogP contribution in [0.5, 0.6) is 0 Å². The number of nitrogens with two attached hydrogens (primary N) is 4. The summed E-state index contributed by atoms with van der Waals surface area (Å²) in [5.74, 6) is 1.02. The molecule has 2 fully saturated rings. The minimum atomic E-state index is -0.506. The minimum absolute atomic E-state index is 0.279. The topological polar surface area (TPSA) is 104 Å². The van der Waals surface area contributed by atoms with E-state index in [1.807, 2.05) is 0 Å². The Morgan fingerprint density at radius 3 is 1.37 bits per heavy atom. The molecule has 0 heterocycles. The van der Waals surface area contributed by atoms with Crippen LogP contribution in [0.4, 0.5) is 0 Å². The van der Waals surface area contributed by atoms with Crippen LogP contribution >= 0.6 is 0 Å². The van der Waals surface area contributed by atoms with Gasteiger partial charge in [0, 0.05) is 5.54 Å². The molecule has 1 unspecified atom stereocenters. The SMILES string of the molecule is NC(N)C(N)C(N)(C1CCCCC1)C1CCCCC1. The van der Waals surface area contributed by atoms with Crippen molar-refractivity contribution >= 4 is 0 Å². The first kappa shape index (κ1) is 15.2. The number of hydrogen-bond donors (Lipinski definition) is 4. The highest BCUT2D eigenvalue weighted by Gasteiger charge is 2.47. The molecule has 2 rings (SSSR count). The molecule has 0 aromatic rings. The van der Waals surface area contributed by atoms with Gasteiger partial charge >= 0.3 is 0 Å². The van der Waals surface area contributed by atoms with Crippen LogP contribution in [0.25, 0.3) is 0 Å². The Morgan fingerprint density at radius 2 is 1.05 bits per heavy atom. The van der Waals surface area contributed by atoms with Crippen LogP contribution in [0.3, 0.4) is 0 Å². The zero-order valence-corrected chi connectivity index (χ0v) is 12.2. The number of rotatable bonds is 4. The molecule has 112 valence electrons. The van der Waals surface area contributed by atoms with Crippen molar-refractivity contribution < 1.29 is 0 Å². The van der Waals surface area contributed by atoms with Gasteiger partial charge in [0.25, 0.3) is 0 Å². The van der Waals surface area contributed by atoms with Gasteiger partial charge in [0.15, 0.2) is 0 Å². The van der Waals surface area contributed by atoms with Crippen LogP contribution in [0.2, 0.25) is 0 Å². The molecule has 4 heteroatoms. The van der Waals surface area contributed by atoms with E-state index in [-0.39, 0.29) is 11.6 Å². The fraction of sp³-hybridized carbons (Fsp3) is 1.00. The van der Waals surface area contributed by atoms with E-state index in [4.69, 9.17) is 22.9 Å². The summed E-state index contributed by atoms with van der Waals surface area (Å²) < 4.78 is 0. The van der Waals surface area contributed by atoms with Gasteiger partial charge in [0.2, 0.25) is 0 Å². The molecule has 2 saturated carbocycles. The Morgan fingerprint density at radius 1 is 0.684 bits per heavy atom. The highest BCUT2D eigenvalue weighted by atomic mass is 15.0. The second-order valence-corrected chi connectivity index (χ2v) is 6.77. The third-order valence-corrected chi connectivity index (χ3v) is 5.62. The lowest BCUT2D eigenvalue weighted by Gasteiger charge is -2.51. The standard InChI is InChI=1S/C15H32N4/c16-13(14(17)18)15(19,11-7-3-1-4-8-11)12-9-5-2-6-10-12/h11-14H,1-10,16-19H2. The Labute approximate surface area is 117 Å². The molecule has 0 saturated heterocycles. The summed E-state index contributed by atoms with van der Waals surface area (Å²) >= 11 is 0. The molecule has 0 bridgehead atoms. The Hall–Kier alpha value is -0.160. The van der Waals surface area contributed by atoms with E-state index >= 15 is 0 Å². The van der Waals surface area contributed by atoms with Crippen molar-refractivity contribution in [3.8, 4) is 0 Å². The average molecular weight is 268 g/mol. The second kappa shape index (κ2) is 6.53. The quantitative estimate of drug-likeness (QED) is 0.579. The lowest BCUT2D eigenvalue weighted by atomic mass is 9.61. The summed E-state index contributed by atoms with van der Waals surface area (Å²) in [5.41, 5.74) is 24.8. The first-order chi connectivity index (χ1) is 9.06. The van der Waals surface area contributed by atoms with E-state index in [1.165, 1.54) is 64.2 Å². The molecular formula is C15H32N4. The van der Waals surface area contributed by atoms with Crippen LogP contribution in [-0.2, 0) is 0 Å². The predicted molar refractivity (Wildman–Crippen MR) is 80.2 cm³/mol. The van der Waals surface area contributed by atoms with Gasteiger partial charge in [-0.05, 0) is 37.5 Å². The maximum Gasteiger partial charge on any atom is 0.0695 e. The molecule has 2 aliphatic rings. The maximum atomic E-state index is 6.91. The summed E-state index contributed by atoms with van der Waals surface area (Å²) in [6.07, 6.45) is 12.1. The lowest BCUT2D eigenvalue weighted by Crippen LogP contribution is -2.71. The van der Waals surface area contributed by atoms with Crippen LogP contribution in [0.15, 0.2) is 0 Å². The molecule has 19 heavy (non-hydrogen) atoms. The van der Waals surface area contributed by atoms with Gasteiger partial charge in [-0.15, -0.1) is 0 Å². The summed E-state index contributed by atoms with van der Waals surface area (Å²) in [6.45, 7) is 0. The highest BCUT2D eigenvalue weighted by Crippen LogP contribution is 2.42. The van der Waals surface area contributed by atoms with Crippen molar-refractivity contribution in [2.45, 2.75) is 82.0 Å². The van der Waals surface area contributed by atoms with Gasteiger partial charge in [0.05, 0.1) is 12.2 Å². The van der Waals surface area contributed by atoms with Crippen LogP contribution in [0.1, 0.15) is 64.2 Å². The molecule has 1 atom stereocenters. The fourth-order valence-corrected chi connectivity index (χ4v) is 4.42. The zero-order valence-electron chi connectivity index (χ0n) is 12.2. The van der Waals surface area contributed by atoms with Crippen molar-refractivity contribution in [2.24, 2.45) is 34.8 Å². The molecule has 0 aromatic carbocycles. The van der Waals surface area contributed by atoms with Gasteiger partial charge in [0.1, 0.15) is 0 Å². The Balaban J connectivity index is 2.19. The summed E-state index contributed by atoms with van der Waals surface area (Å²) in [7, 11) is 0. The normalized spacial score (nSPS) is 25.7. The van der Waals surface area contributed by atoms with E-state index in [1.54, 1.807) is 0 Å². The summed E-state index contributed by atoms with van der Waals surface area (Å²) in [5, 5.41) is 0. The largest absolute Gasteiger partial charge is 0.324 e. The molecule has 0 amide bonds. The van der Waals surface area contributed by atoms with Gasteiger partial charge in [-0.1, -0.05) is 38.5 Å². The third kappa shape index (κ3) is 3.13. The van der Waals surface area contributed by atoms with Crippen molar-refractivity contribution in [1.82, 2.24) is 0 Å². The first-order valence-electron chi connectivity index (χ1n) is 8.12. The minimum Gasteiger partial charge on any atom is -0.324 e. The Kier molecular flexibility index (Phi) is 5.23. The molecule has 0 aromatic heterocycles. The van der Waals surface area contributed by atoms with Gasteiger partial charge in [-0.2, -0.15) is 0 Å². The van der Waals surface area contributed by atoms with Gasteiger partial charge in [-0.3, -0.25) is 0 Å². The molecule has 0 aliphatic heterocycles. The molecular weight excluding hydrogens is 236 g/mol. The first-order valence-corrected chi connectivity index (χ1v) is 8.12. The van der Waals surface area contributed by atoms with Crippen LogP contribution < -0.4 is 22.9 Å². The van der Waals surface area contributed by atoms with E-state index in [9.17, 15) is 0 Å². The molecule has 0 spiro atoms. The molecule has 0 radical (unpaired) electrons. The van der Waals surface area contributed by atoms with Crippen molar-refractivity contribution in [1.29, 1.82) is 0 Å². The van der Waals surface area contributed by atoms with E-state index in [2.05, 4.69) is 0 Å². The van der Waals surface area contributed by atoms with Gasteiger partial charge < -0.3 is 22.9 Å². The monoisotopic (exact) mass is 268 g/mol. The van der Waals surface area contributed by atoms with Crippen molar-refractivity contribution in [2.75, 3.05) is 0 Å². The van der Waals surface area contributed by atoms with E-state index < -0.39 is 6.17 Å². The predicted octanol–water partition coefficient (Wildman–Crippen LogP) is 1.42. The summed E-state index contributed by atoms with van der Waals surface area (Å²) in [6, 6.07) is -0.279. The van der Waals surface area contributed by atoms with Crippen LogP contribution in [-0.4, -0.2) is 17.7 Å². The van der Waals surface area contributed by atoms with E-state index in [0.29, 0.717) is 11.8 Å². The fourth-order valence-electron chi connectivity index (χ4n) is 4.42. The second-order valence-electron chi connectivity index (χ2n) is 6.77. The van der Waals surface area contributed by atoms with Gasteiger partial charge in [-0.25, -0.2) is 0 Å². The average Bonchev–Trinajstić information content (AvgIpc) is 2.47. The maximum absolute atomic E-state index is 6.91.